The van der Waals surface area contributed by atoms with Gasteiger partial charge in [0.2, 0.25) is 0 Å². The third-order valence-corrected chi connectivity index (χ3v) is 3.95. The second kappa shape index (κ2) is 5.52. The first-order chi connectivity index (χ1) is 12.1. The number of fused-ring (bicyclic) bond motifs is 3. The van der Waals surface area contributed by atoms with Crippen molar-refractivity contribution in [3.05, 3.63) is 64.2 Å². The molecule has 0 radical (unpaired) electrons. The van der Waals surface area contributed by atoms with Crippen molar-refractivity contribution in [2.75, 3.05) is 7.11 Å². The third-order valence-electron chi connectivity index (χ3n) is 3.95. The predicted molar refractivity (Wildman–Crippen MR) is 90.0 cm³/mol. The summed E-state index contributed by atoms with van der Waals surface area (Å²) in [5, 5.41) is 12.1. The lowest BCUT2D eigenvalue weighted by Gasteiger charge is -2.08. The number of methoxy groups -OCH3 is 1. The number of benzene rings is 1. The van der Waals surface area contributed by atoms with Crippen LogP contribution in [0, 0.1) is 6.92 Å². The minimum Gasteiger partial charge on any atom is -0.465 e. The van der Waals surface area contributed by atoms with Gasteiger partial charge in [-0.25, -0.2) is 9.31 Å². The normalized spacial score (nSPS) is 11.1. The number of nitrogens with zero attached hydrogens (tertiary/aromatic N) is 5. The standard InChI is InChI=1S/C17H13N5O3/c1-10-4-3-5-11(8-10)21-7-6-13-14(16(21)23)19-20-15-12(17(24)25-2)9-18-22(13)15/h3-9H,1-2H3. The number of hydrogen-bond acceptors (Lipinski definition) is 6. The van der Waals surface area contributed by atoms with Crippen molar-refractivity contribution in [3.63, 3.8) is 0 Å². The van der Waals surface area contributed by atoms with Gasteiger partial charge in [-0.05, 0) is 30.7 Å². The Hall–Kier alpha value is -3.55. The van der Waals surface area contributed by atoms with Crippen molar-refractivity contribution in [1.29, 1.82) is 0 Å². The second-order valence-electron chi connectivity index (χ2n) is 5.55. The molecule has 25 heavy (non-hydrogen) atoms. The quantitative estimate of drug-likeness (QED) is 0.516. The Balaban J connectivity index is 1.98. The van der Waals surface area contributed by atoms with E-state index in [1.165, 1.54) is 22.4 Å². The highest BCUT2D eigenvalue weighted by Gasteiger charge is 2.18. The summed E-state index contributed by atoms with van der Waals surface area (Å²) in [6.45, 7) is 1.96. The van der Waals surface area contributed by atoms with Gasteiger partial charge in [-0.15, -0.1) is 10.2 Å². The average Bonchev–Trinajstić information content (AvgIpc) is 3.06. The van der Waals surface area contributed by atoms with Crippen LogP contribution in [-0.2, 0) is 4.74 Å². The molecular formula is C17H13N5O3. The lowest BCUT2D eigenvalue weighted by molar-refractivity contribution is 0.0602. The molecule has 0 N–H and O–H groups in total. The molecule has 4 rings (SSSR count). The van der Waals surface area contributed by atoms with Crippen LogP contribution in [0.5, 0.6) is 0 Å². The molecule has 0 unspecified atom stereocenters. The van der Waals surface area contributed by atoms with E-state index in [0.717, 1.165) is 11.3 Å². The first-order valence-electron chi connectivity index (χ1n) is 7.51. The molecule has 4 aromatic rings. The fourth-order valence-corrected chi connectivity index (χ4v) is 2.73. The lowest BCUT2D eigenvalue weighted by atomic mass is 10.2. The molecule has 124 valence electrons. The minimum atomic E-state index is -0.559. The number of rotatable bonds is 2. The zero-order chi connectivity index (χ0) is 17.6. The van der Waals surface area contributed by atoms with Crippen molar-refractivity contribution in [3.8, 4) is 5.69 Å². The molecule has 0 aliphatic heterocycles. The fraction of sp³-hybridized carbons (Fsp3) is 0.118. The molecule has 0 aliphatic rings. The summed E-state index contributed by atoms with van der Waals surface area (Å²) in [6, 6.07) is 9.30. The van der Waals surface area contributed by atoms with Gasteiger partial charge in [0.25, 0.3) is 5.56 Å². The topological polar surface area (TPSA) is 91.4 Å². The summed E-state index contributed by atoms with van der Waals surface area (Å²) in [5.41, 5.74) is 2.54. The van der Waals surface area contributed by atoms with Crippen molar-refractivity contribution in [2.45, 2.75) is 6.92 Å². The average molecular weight is 335 g/mol. The SMILES string of the molecule is COC(=O)c1cnn2c1nnc1c(=O)n(-c3cccc(C)c3)ccc12. The van der Waals surface area contributed by atoms with Crippen LogP contribution in [0.15, 0.2) is 47.5 Å². The molecule has 8 heteroatoms. The Morgan fingerprint density at radius 2 is 2.04 bits per heavy atom. The number of aromatic nitrogens is 5. The third kappa shape index (κ3) is 2.26. The van der Waals surface area contributed by atoms with Crippen LogP contribution in [0.3, 0.4) is 0 Å². The van der Waals surface area contributed by atoms with Crippen molar-refractivity contribution in [1.82, 2.24) is 24.4 Å². The number of hydrogen-bond donors (Lipinski definition) is 0. The molecule has 0 saturated heterocycles. The van der Waals surface area contributed by atoms with Gasteiger partial charge in [0.1, 0.15) is 11.1 Å². The number of ether oxygens (including phenoxy) is 1. The smallest absolute Gasteiger partial charge is 0.343 e. The van der Waals surface area contributed by atoms with Crippen molar-refractivity contribution >= 4 is 22.6 Å². The molecule has 1 aromatic carbocycles. The Morgan fingerprint density at radius 1 is 1.20 bits per heavy atom. The molecule has 0 atom stereocenters. The molecule has 0 bridgehead atoms. The first kappa shape index (κ1) is 15.0. The zero-order valence-corrected chi connectivity index (χ0v) is 13.5. The van der Waals surface area contributed by atoms with E-state index < -0.39 is 5.97 Å². The van der Waals surface area contributed by atoms with E-state index in [4.69, 9.17) is 4.74 Å². The molecule has 0 spiro atoms. The van der Waals surface area contributed by atoms with E-state index in [2.05, 4.69) is 15.3 Å². The van der Waals surface area contributed by atoms with Gasteiger partial charge in [0, 0.05) is 11.9 Å². The fourth-order valence-electron chi connectivity index (χ4n) is 2.73. The predicted octanol–water partition coefficient (Wildman–Crippen LogP) is 1.52. The van der Waals surface area contributed by atoms with Crippen molar-refractivity contribution in [2.24, 2.45) is 0 Å². The van der Waals surface area contributed by atoms with Crippen LogP contribution in [0.25, 0.3) is 22.4 Å². The number of carbonyl (C=O) groups excluding carboxylic acids is 1. The Kier molecular flexibility index (Phi) is 3.31. The maximum atomic E-state index is 12.8. The minimum absolute atomic E-state index is 0.163. The highest BCUT2D eigenvalue weighted by atomic mass is 16.5. The number of esters is 1. The monoisotopic (exact) mass is 335 g/mol. The van der Waals surface area contributed by atoms with Gasteiger partial charge in [0.05, 0.1) is 13.3 Å². The van der Waals surface area contributed by atoms with E-state index >= 15 is 0 Å². The maximum absolute atomic E-state index is 12.8. The van der Waals surface area contributed by atoms with E-state index in [1.807, 2.05) is 31.2 Å². The first-order valence-corrected chi connectivity index (χ1v) is 7.51. The molecule has 0 aliphatic carbocycles. The summed E-state index contributed by atoms with van der Waals surface area (Å²) in [4.78, 5) is 24.6. The number of pyridine rings is 1. The van der Waals surface area contributed by atoms with E-state index in [9.17, 15) is 9.59 Å². The van der Waals surface area contributed by atoms with Gasteiger partial charge in [-0.3, -0.25) is 9.36 Å². The number of aryl methyl sites for hydroxylation is 1. The van der Waals surface area contributed by atoms with E-state index in [-0.39, 0.29) is 22.3 Å². The summed E-state index contributed by atoms with van der Waals surface area (Å²) < 4.78 is 7.61. The van der Waals surface area contributed by atoms with Crippen LogP contribution in [-0.4, -0.2) is 37.5 Å². The summed E-state index contributed by atoms with van der Waals surface area (Å²) in [7, 11) is 1.28. The highest BCUT2D eigenvalue weighted by molar-refractivity contribution is 5.96. The summed E-state index contributed by atoms with van der Waals surface area (Å²) >= 11 is 0. The Bertz CT molecular complexity index is 1190. The molecule has 0 fully saturated rings. The van der Waals surface area contributed by atoms with Crippen LogP contribution >= 0.6 is 0 Å². The van der Waals surface area contributed by atoms with Crippen LogP contribution in [0.2, 0.25) is 0 Å². The molecule has 8 nitrogen and oxygen atoms in total. The molecule has 3 aromatic heterocycles. The Labute approximate surface area is 141 Å². The van der Waals surface area contributed by atoms with Crippen molar-refractivity contribution < 1.29 is 9.53 Å². The number of carbonyl (C=O) groups is 1. The van der Waals surface area contributed by atoms with Gasteiger partial charge in [-0.2, -0.15) is 5.10 Å². The van der Waals surface area contributed by atoms with Gasteiger partial charge < -0.3 is 4.74 Å². The Morgan fingerprint density at radius 3 is 2.80 bits per heavy atom. The van der Waals surface area contributed by atoms with Gasteiger partial charge >= 0.3 is 5.97 Å². The zero-order valence-electron chi connectivity index (χ0n) is 13.5. The van der Waals surface area contributed by atoms with Crippen LogP contribution < -0.4 is 5.56 Å². The maximum Gasteiger partial charge on any atom is 0.343 e. The summed E-state index contributed by atoms with van der Waals surface area (Å²) in [6.07, 6.45) is 3.00. The lowest BCUT2D eigenvalue weighted by Crippen LogP contribution is -2.20. The molecule has 3 heterocycles. The van der Waals surface area contributed by atoms with E-state index in [0.29, 0.717) is 5.52 Å². The molecule has 0 saturated carbocycles. The summed E-state index contributed by atoms with van der Waals surface area (Å²) in [5.74, 6) is -0.559. The molecular weight excluding hydrogens is 322 g/mol. The molecule has 0 amide bonds. The van der Waals surface area contributed by atoms with Crippen LogP contribution in [0.1, 0.15) is 15.9 Å². The van der Waals surface area contributed by atoms with Gasteiger partial charge in [-0.1, -0.05) is 12.1 Å². The largest absolute Gasteiger partial charge is 0.465 e. The highest BCUT2D eigenvalue weighted by Crippen LogP contribution is 2.15. The van der Waals surface area contributed by atoms with Crippen LogP contribution in [0.4, 0.5) is 0 Å². The second-order valence-corrected chi connectivity index (χ2v) is 5.55. The van der Waals surface area contributed by atoms with E-state index in [1.54, 1.807) is 12.3 Å². The van der Waals surface area contributed by atoms with Gasteiger partial charge in [0.15, 0.2) is 11.2 Å².